The van der Waals surface area contributed by atoms with Gasteiger partial charge in [-0.25, -0.2) is 9.78 Å². The minimum atomic E-state index is -4.79. The second kappa shape index (κ2) is 10.8. The fourth-order valence-corrected chi connectivity index (χ4v) is 5.87. The van der Waals surface area contributed by atoms with Crippen LogP contribution >= 0.6 is 11.6 Å². The average Bonchev–Trinajstić information content (AvgIpc) is 3.17. The number of nitrogens with one attached hydrogen (secondary N) is 1. The zero-order chi connectivity index (χ0) is 29.6. The molecule has 3 aromatic rings. The van der Waals surface area contributed by atoms with Crippen molar-refractivity contribution >= 4 is 46.1 Å². The van der Waals surface area contributed by atoms with E-state index >= 15 is 0 Å². The lowest BCUT2D eigenvalue weighted by Crippen LogP contribution is -2.40. The van der Waals surface area contributed by atoms with Gasteiger partial charge in [0, 0.05) is 18.8 Å². The Kier molecular flexibility index (Phi) is 7.99. The van der Waals surface area contributed by atoms with Crippen LogP contribution in [0.1, 0.15) is 63.4 Å². The van der Waals surface area contributed by atoms with Gasteiger partial charge in [-0.05, 0) is 73.9 Å². The molecule has 0 bridgehead atoms. The monoisotopic (exact) mass is 580 g/mol. The van der Waals surface area contributed by atoms with Gasteiger partial charge < -0.3 is 24.6 Å². The van der Waals surface area contributed by atoms with Crippen molar-refractivity contribution in [2.45, 2.75) is 65.4 Å². The number of alkyl halides is 3. The topological polar surface area (TPSA) is 96.7 Å². The molecule has 0 radical (unpaired) electrons. The normalized spacial score (nSPS) is 19.7. The van der Waals surface area contributed by atoms with E-state index in [-0.39, 0.29) is 27.8 Å². The minimum Gasteiger partial charge on any atom is -0.480 e. The Hall–Kier alpha value is -3.47. The van der Waals surface area contributed by atoms with Crippen molar-refractivity contribution in [2.75, 3.05) is 12.4 Å². The summed E-state index contributed by atoms with van der Waals surface area (Å²) in [6, 6.07) is 7.52. The number of aromatic nitrogens is 2. The summed E-state index contributed by atoms with van der Waals surface area (Å²) in [5.41, 5.74) is 1.82. The molecule has 40 heavy (non-hydrogen) atoms. The molecule has 3 atom stereocenters. The van der Waals surface area contributed by atoms with Gasteiger partial charge in [-0.15, -0.1) is 13.2 Å². The van der Waals surface area contributed by atoms with Crippen LogP contribution in [0.25, 0.3) is 11.0 Å². The Morgan fingerprint density at radius 3 is 2.45 bits per heavy atom. The average molecular weight is 581 g/mol. The van der Waals surface area contributed by atoms with Gasteiger partial charge in [-0.1, -0.05) is 32.4 Å². The van der Waals surface area contributed by atoms with Crippen molar-refractivity contribution in [1.82, 2.24) is 14.5 Å². The number of nitrogens with zero attached hydrogens (tertiary/aromatic N) is 3. The third-order valence-corrected chi connectivity index (χ3v) is 7.65. The lowest BCUT2D eigenvalue weighted by Gasteiger charge is -2.40. The third kappa shape index (κ3) is 6.46. The van der Waals surface area contributed by atoms with Crippen LogP contribution in [0.5, 0.6) is 5.75 Å². The number of imidazole rings is 1. The fraction of sp³-hybridized carbons (Fsp3) is 0.464. The number of hydrogen-bond acceptors (Lipinski definition) is 5. The molecular formula is C28H32ClF3N4O4. The van der Waals surface area contributed by atoms with Gasteiger partial charge in [0.2, 0.25) is 5.95 Å². The summed E-state index contributed by atoms with van der Waals surface area (Å²) in [6.45, 7) is 8.03. The van der Waals surface area contributed by atoms with Gasteiger partial charge in [0.05, 0.1) is 21.6 Å². The summed E-state index contributed by atoms with van der Waals surface area (Å²) in [6.07, 6.45) is -2.00. The number of carbonyl (C=O) groups excluding carboxylic acids is 1. The highest BCUT2D eigenvalue weighted by atomic mass is 35.5. The molecule has 1 fully saturated rings. The first-order valence-electron chi connectivity index (χ1n) is 12.9. The van der Waals surface area contributed by atoms with Crippen LogP contribution in [-0.4, -0.2) is 50.9 Å². The number of carboxylic acid groups (broad SMARTS) is 1. The molecule has 0 saturated heterocycles. The van der Waals surface area contributed by atoms with Crippen molar-refractivity contribution in [3.63, 3.8) is 0 Å². The Balaban J connectivity index is 1.78. The first-order chi connectivity index (χ1) is 18.5. The van der Waals surface area contributed by atoms with Crippen molar-refractivity contribution in [2.24, 2.45) is 11.3 Å². The highest BCUT2D eigenvalue weighted by molar-refractivity contribution is 6.34. The maximum absolute atomic E-state index is 13.1. The van der Waals surface area contributed by atoms with Crippen molar-refractivity contribution in [3.8, 4) is 5.75 Å². The van der Waals surface area contributed by atoms with Crippen LogP contribution in [0.4, 0.5) is 24.8 Å². The van der Waals surface area contributed by atoms with E-state index in [1.807, 2.05) is 4.57 Å². The largest absolute Gasteiger partial charge is 0.573 e. The van der Waals surface area contributed by atoms with Gasteiger partial charge in [-0.3, -0.25) is 4.79 Å². The Morgan fingerprint density at radius 1 is 1.23 bits per heavy atom. The molecule has 1 aliphatic rings. The van der Waals surface area contributed by atoms with Crippen LogP contribution in [0.3, 0.4) is 0 Å². The SMILES string of the molecule is C[C@H]1C[C@H](n2c(Nc3ccc(OC(F)(F)F)cc3)nc3cc(C(=O)N(C)[C@H](C)C(=O)O)c(Cl)cc32)CC(C)(C)C1. The summed E-state index contributed by atoms with van der Waals surface area (Å²) in [5.74, 6) is -1.17. The highest BCUT2D eigenvalue weighted by Gasteiger charge is 2.35. The molecule has 2 aromatic carbocycles. The van der Waals surface area contributed by atoms with Crippen LogP contribution in [0.15, 0.2) is 36.4 Å². The third-order valence-electron chi connectivity index (χ3n) is 7.34. The number of rotatable bonds is 7. The smallest absolute Gasteiger partial charge is 0.480 e. The van der Waals surface area contributed by atoms with Gasteiger partial charge in [0.1, 0.15) is 11.8 Å². The van der Waals surface area contributed by atoms with Crippen LogP contribution in [-0.2, 0) is 4.79 Å². The number of ether oxygens (including phenoxy) is 1. The Bertz CT molecular complexity index is 1420. The molecule has 1 saturated carbocycles. The quantitative estimate of drug-likeness (QED) is 0.305. The summed E-state index contributed by atoms with van der Waals surface area (Å²) in [4.78, 5) is 30.4. The molecule has 8 nitrogen and oxygen atoms in total. The maximum atomic E-state index is 13.1. The van der Waals surface area contributed by atoms with Gasteiger partial charge >= 0.3 is 12.3 Å². The molecular weight excluding hydrogens is 549 g/mol. The number of benzene rings is 2. The molecule has 2 N–H and O–H groups in total. The maximum Gasteiger partial charge on any atom is 0.573 e. The molecule has 1 heterocycles. The molecule has 216 valence electrons. The van der Waals surface area contributed by atoms with E-state index in [0.717, 1.165) is 24.2 Å². The van der Waals surface area contributed by atoms with Crippen molar-refractivity contribution < 1.29 is 32.6 Å². The molecule has 0 spiro atoms. The van der Waals surface area contributed by atoms with Crippen LogP contribution in [0.2, 0.25) is 5.02 Å². The Labute approximate surface area is 235 Å². The number of fused-ring (bicyclic) bond motifs is 1. The number of carbonyl (C=O) groups is 2. The van der Waals surface area contributed by atoms with E-state index in [2.05, 4.69) is 30.8 Å². The summed E-state index contributed by atoms with van der Waals surface area (Å²) in [7, 11) is 1.39. The number of aliphatic carboxylic acids is 1. The van der Waals surface area contributed by atoms with Gasteiger partial charge in [0.15, 0.2) is 0 Å². The fourth-order valence-electron chi connectivity index (χ4n) is 5.63. The van der Waals surface area contributed by atoms with E-state index in [1.54, 1.807) is 12.1 Å². The minimum absolute atomic E-state index is 0.0337. The first-order valence-corrected chi connectivity index (χ1v) is 13.3. The lowest BCUT2D eigenvalue weighted by atomic mass is 9.70. The number of carboxylic acids is 1. The molecule has 1 amide bonds. The number of likely N-dealkylation sites (N-methyl/N-ethyl adjacent to an activating group) is 1. The van der Waals surface area contributed by atoms with E-state index in [9.17, 15) is 27.9 Å². The first kappa shape index (κ1) is 29.5. The summed E-state index contributed by atoms with van der Waals surface area (Å²) >= 11 is 6.60. The molecule has 1 aliphatic carbocycles. The molecule has 0 unspecified atom stereocenters. The second-order valence-electron chi connectivity index (χ2n) is 11.3. The van der Waals surface area contributed by atoms with E-state index in [4.69, 9.17) is 16.6 Å². The standard InChI is InChI=1S/C28H32ClF3N4O4/c1-15-10-18(14-27(3,4)13-15)36-23-12-21(29)20(24(37)35(5)16(2)25(38)39)11-22(23)34-26(36)33-17-6-8-19(9-7-17)40-28(30,31)32/h6-9,11-12,15-16,18H,10,13-14H2,1-5H3,(H,33,34)(H,38,39)/t15-,16+,18-/m0/s1. The lowest BCUT2D eigenvalue weighted by molar-refractivity contribution is -0.274. The van der Waals surface area contributed by atoms with Gasteiger partial charge in [-0.2, -0.15) is 0 Å². The molecule has 4 rings (SSSR count). The van der Waals surface area contributed by atoms with E-state index in [0.29, 0.717) is 28.6 Å². The van der Waals surface area contributed by atoms with Crippen molar-refractivity contribution in [1.29, 1.82) is 0 Å². The molecule has 12 heteroatoms. The zero-order valence-corrected chi connectivity index (χ0v) is 23.6. The highest BCUT2D eigenvalue weighted by Crippen LogP contribution is 2.46. The zero-order valence-electron chi connectivity index (χ0n) is 22.8. The number of amides is 1. The van der Waals surface area contributed by atoms with Crippen LogP contribution < -0.4 is 10.1 Å². The predicted molar refractivity (Wildman–Crippen MR) is 146 cm³/mol. The van der Waals surface area contributed by atoms with Gasteiger partial charge in [0.25, 0.3) is 5.91 Å². The van der Waals surface area contributed by atoms with Crippen molar-refractivity contribution in [3.05, 3.63) is 47.0 Å². The predicted octanol–water partition coefficient (Wildman–Crippen LogP) is 7.26. The second-order valence-corrected chi connectivity index (χ2v) is 11.7. The summed E-state index contributed by atoms with van der Waals surface area (Å²) in [5, 5.41) is 12.7. The van der Waals surface area contributed by atoms with E-state index in [1.165, 1.54) is 38.2 Å². The molecule has 0 aliphatic heterocycles. The number of hydrogen-bond donors (Lipinski definition) is 2. The van der Waals surface area contributed by atoms with E-state index < -0.39 is 24.3 Å². The molecule has 1 aromatic heterocycles. The number of anilines is 2. The Morgan fingerprint density at radius 2 is 1.88 bits per heavy atom. The summed E-state index contributed by atoms with van der Waals surface area (Å²) < 4.78 is 43.8. The van der Waals surface area contributed by atoms with Crippen LogP contribution in [0, 0.1) is 11.3 Å². The number of halogens is 4.